The Bertz CT molecular complexity index is 749. The van der Waals surface area contributed by atoms with Crippen molar-refractivity contribution < 1.29 is 19.0 Å². The number of aryl methyl sites for hydroxylation is 1. The number of carbonyl (C=O) groups excluding carboxylic acids is 1. The van der Waals surface area contributed by atoms with Crippen molar-refractivity contribution in [2.45, 2.75) is 64.1 Å². The van der Waals surface area contributed by atoms with Crippen molar-refractivity contribution in [3.05, 3.63) is 41.0 Å². The number of hydrogen-bond donors (Lipinski definition) is 0. The molecule has 0 saturated carbocycles. The Morgan fingerprint density at radius 2 is 2.11 bits per heavy atom. The Hall–Kier alpha value is -2.01. The Morgan fingerprint density at radius 3 is 2.89 bits per heavy atom. The van der Waals surface area contributed by atoms with Gasteiger partial charge in [-0.25, -0.2) is 4.79 Å². The summed E-state index contributed by atoms with van der Waals surface area (Å²) in [5.41, 5.74) is 3.63. The van der Waals surface area contributed by atoms with E-state index in [0.717, 1.165) is 38.0 Å². The number of fused-ring (bicyclic) bond motifs is 3. The van der Waals surface area contributed by atoms with E-state index < -0.39 is 5.60 Å². The Kier molecular flexibility index (Phi) is 4.89. The molecule has 146 valence electrons. The van der Waals surface area contributed by atoms with Gasteiger partial charge in [-0.2, -0.15) is 0 Å². The van der Waals surface area contributed by atoms with E-state index in [1.807, 2.05) is 25.7 Å². The van der Waals surface area contributed by atoms with Gasteiger partial charge in [-0.3, -0.25) is 4.90 Å². The standard InChI is InChI=1S/C22H29NO4/c1-22(2,3)27-21(24)23-18-11-16(12-19(23)14-25-13-18)5-4-15-6-7-20-17(10-15)8-9-26-20/h6-7,10-11,18-19H,4-5,8-9,12-14H2,1-3H3. The van der Waals surface area contributed by atoms with Gasteiger partial charge in [0.1, 0.15) is 11.4 Å². The molecule has 0 radical (unpaired) electrons. The topological polar surface area (TPSA) is 48.0 Å². The van der Waals surface area contributed by atoms with Gasteiger partial charge < -0.3 is 14.2 Å². The molecule has 5 heteroatoms. The first-order chi connectivity index (χ1) is 12.9. The minimum atomic E-state index is -0.479. The average molecular weight is 371 g/mol. The number of hydrogen-bond acceptors (Lipinski definition) is 4. The van der Waals surface area contributed by atoms with Crippen molar-refractivity contribution in [3.63, 3.8) is 0 Å². The number of carbonyl (C=O) groups is 1. The molecule has 2 bridgehead atoms. The lowest BCUT2D eigenvalue weighted by atomic mass is 9.90. The highest BCUT2D eigenvalue weighted by Gasteiger charge is 2.39. The quantitative estimate of drug-likeness (QED) is 0.757. The van der Waals surface area contributed by atoms with Crippen LogP contribution in [0.1, 0.15) is 44.7 Å². The van der Waals surface area contributed by atoms with Crippen molar-refractivity contribution in [2.75, 3.05) is 19.8 Å². The van der Waals surface area contributed by atoms with Crippen LogP contribution in [0.5, 0.6) is 5.75 Å². The molecule has 2 atom stereocenters. The predicted molar refractivity (Wildman–Crippen MR) is 103 cm³/mol. The lowest BCUT2D eigenvalue weighted by Crippen LogP contribution is -2.57. The van der Waals surface area contributed by atoms with E-state index in [-0.39, 0.29) is 18.2 Å². The first-order valence-electron chi connectivity index (χ1n) is 9.92. The highest BCUT2D eigenvalue weighted by atomic mass is 16.6. The maximum absolute atomic E-state index is 12.6. The van der Waals surface area contributed by atoms with Crippen molar-refractivity contribution in [1.29, 1.82) is 0 Å². The number of rotatable bonds is 3. The molecule has 1 saturated heterocycles. The van der Waals surface area contributed by atoms with Gasteiger partial charge >= 0.3 is 6.09 Å². The summed E-state index contributed by atoms with van der Waals surface area (Å²) in [6.45, 7) is 7.66. The van der Waals surface area contributed by atoms with E-state index in [1.165, 1.54) is 16.7 Å². The molecule has 1 fully saturated rings. The third kappa shape index (κ3) is 4.13. The van der Waals surface area contributed by atoms with Crippen molar-refractivity contribution in [1.82, 2.24) is 4.90 Å². The smallest absolute Gasteiger partial charge is 0.411 e. The Labute approximate surface area is 161 Å². The molecular formula is C22H29NO4. The molecule has 27 heavy (non-hydrogen) atoms. The average Bonchev–Trinajstić information content (AvgIpc) is 3.05. The van der Waals surface area contributed by atoms with E-state index >= 15 is 0 Å². The maximum atomic E-state index is 12.6. The zero-order valence-corrected chi connectivity index (χ0v) is 16.5. The molecule has 0 aromatic heterocycles. The fourth-order valence-corrected chi connectivity index (χ4v) is 4.17. The van der Waals surface area contributed by atoms with Crippen LogP contribution < -0.4 is 4.74 Å². The van der Waals surface area contributed by atoms with Gasteiger partial charge in [0.25, 0.3) is 0 Å². The highest BCUT2D eigenvalue weighted by Crippen LogP contribution is 2.32. The van der Waals surface area contributed by atoms with Crippen LogP contribution in [0.3, 0.4) is 0 Å². The molecular weight excluding hydrogens is 342 g/mol. The Balaban J connectivity index is 1.42. The van der Waals surface area contributed by atoms with Gasteiger partial charge in [0.2, 0.25) is 0 Å². The van der Waals surface area contributed by atoms with Crippen LogP contribution in [0.4, 0.5) is 4.79 Å². The van der Waals surface area contributed by atoms with Gasteiger partial charge in [-0.1, -0.05) is 23.8 Å². The van der Waals surface area contributed by atoms with Gasteiger partial charge in [-0.15, -0.1) is 0 Å². The number of morpholine rings is 1. The molecule has 5 nitrogen and oxygen atoms in total. The van der Waals surface area contributed by atoms with Gasteiger partial charge in [-0.05, 0) is 57.2 Å². The predicted octanol–water partition coefficient (Wildman–Crippen LogP) is 3.89. The molecule has 3 aliphatic heterocycles. The maximum Gasteiger partial charge on any atom is 0.411 e. The minimum Gasteiger partial charge on any atom is -0.493 e. The zero-order chi connectivity index (χ0) is 19.0. The molecule has 0 N–H and O–H groups in total. The third-order valence-corrected chi connectivity index (χ3v) is 5.37. The second-order valence-corrected chi connectivity index (χ2v) is 8.72. The molecule has 4 rings (SSSR count). The molecule has 2 unspecified atom stereocenters. The third-order valence-electron chi connectivity index (χ3n) is 5.37. The summed E-state index contributed by atoms with van der Waals surface area (Å²) in [5.74, 6) is 1.04. The number of benzene rings is 1. The molecule has 1 amide bonds. The van der Waals surface area contributed by atoms with E-state index in [0.29, 0.717) is 13.2 Å². The highest BCUT2D eigenvalue weighted by molar-refractivity contribution is 5.70. The fourth-order valence-electron chi connectivity index (χ4n) is 4.17. The largest absolute Gasteiger partial charge is 0.493 e. The summed E-state index contributed by atoms with van der Waals surface area (Å²) < 4.78 is 16.9. The summed E-state index contributed by atoms with van der Waals surface area (Å²) in [6.07, 6.45) is 5.91. The molecule has 3 aliphatic rings. The second-order valence-electron chi connectivity index (χ2n) is 8.72. The van der Waals surface area contributed by atoms with Crippen molar-refractivity contribution in [3.8, 4) is 5.75 Å². The molecule has 3 heterocycles. The van der Waals surface area contributed by atoms with Crippen molar-refractivity contribution >= 4 is 6.09 Å². The lowest BCUT2D eigenvalue weighted by Gasteiger charge is -2.44. The van der Waals surface area contributed by atoms with E-state index in [9.17, 15) is 4.79 Å². The van der Waals surface area contributed by atoms with E-state index in [1.54, 1.807) is 0 Å². The zero-order valence-electron chi connectivity index (χ0n) is 16.5. The van der Waals surface area contributed by atoms with Crippen LogP contribution in [-0.4, -0.2) is 48.5 Å². The SMILES string of the molecule is CC(C)(C)OC(=O)N1C2C=C(CCc3ccc4c(c3)CCO4)CC1COC2. The fraction of sp³-hybridized carbons (Fsp3) is 0.591. The van der Waals surface area contributed by atoms with Gasteiger partial charge in [0, 0.05) is 6.42 Å². The van der Waals surface area contributed by atoms with Crippen LogP contribution in [0.25, 0.3) is 0 Å². The van der Waals surface area contributed by atoms with Gasteiger partial charge in [0.05, 0.1) is 31.9 Å². The van der Waals surface area contributed by atoms with E-state index in [2.05, 4.69) is 24.3 Å². The summed E-state index contributed by atoms with van der Waals surface area (Å²) in [6, 6.07) is 6.61. The lowest BCUT2D eigenvalue weighted by molar-refractivity contribution is -0.0537. The van der Waals surface area contributed by atoms with E-state index in [4.69, 9.17) is 14.2 Å². The molecule has 0 spiro atoms. The summed E-state index contributed by atoms with van der Waals surface area (Å²) in [7, 11) is 0. The van der Waals surface area contributed by atoms with Crippen molar-refractivity contribution in [2.24, 2.45) is 0 Å². The van der Waals surface area contributed by atoms with Crippen LogP contribution in [-0.2, 0) is 22.3 Å². The van der Waals surface area contributed by atoms with Gasteiger partial charge in [0.15, 0.2) is 0 Å². The number of nitrogens with zero attached hydrogens (tertiary/aromatic N) is 1. The van der Waals surface area contributed by atoms with Crippen LogP contribution in [0.15, 0.2) is 29.8 Å². The summed E-state index contributed by atoms with van der Waals surface area (Å²) in [4.78, 5) is 14.5. The minimum absolute atomic E-state index is 0.0178. The summed E-state index contributed by atoms with van der Waals surface area (Å²) >= 11 is 0. The number of ether oxygens (including phenoxy) is 3. The first kappa shape index (κ1) is 18.4. The molecule has 0 aliphatic carbocycles. The Morgan fingerprint density at radius 1 is 1.26 bits per heavy atom. The monoisotopic (exact) mass is 371 g/mol. The second kappa shape index (κ2) is 7.19. The first-order valence-corrected chi connectivity index (χ1v) is 9.92. The summed E-state index contributed by atoms with van der Waals surface area (Å²) in [5, 5.41) is 0. The normalized spacial score (nSPS) is 24.1. The molecule has 1 aromatic rings. The van der Waals surface area contributed by atoms with Crippen LogP contribution in [0.2, 0.25) is 0 Å². The number of amides is 1. The van der Waals surface area contributed by atoms with Crippen LogP contribution in [0, 0.1) is 0 Å². The molecule has 1 aromatic carbocycles. The van der Waals surface area contributed by atoms with Crippen LogP contribution >= 0.6 is 0 Å².